The van der Waals surface area contributed by atoms with E-state index in [9.17, 15) is 4.79 Å². The van der Waals surface area contributed by atoms with Gasteiger partial charge in [0.05, 0.1) is 34.7 Å². The number of nitrogens with zero attached hydrogens (tertiary/aromatic N) is 8. The predicted molar refractivity (Wildman–Crippen MR) is 130 cm³/mol. The quantitative estimate of drug-likeness (QED) is 0.402. The van der Waals surface area contributed by atoms with Crippen molar-refractivity contribution in [3.63, 3.8) is 0 Å². The van der Waals surface area contributed by atoms with E-state index in [4.69, 9.17) is 27.9 Å². The number of anilines is 2. The molecule has 4 aromatic rings. The van der Waals surface area contributed by atoms with Crippen LogP contribution in [0.3, 0.4) is 0 Å². The van der Waals surface area contributed by atoms with Crippen LogP contribution in [0.4, 0.5) is 11.5 Å². The summed E-state index contributed by atoms with van der Waals surface area (Å²) in [7, 11) is 3.10. The number of fused-ring (bicyclic) bond motifs is 1. The SMILES string of the molecule is CNC(=O)c1nn(-c2c(Cl)cccc2Cl)nc1Nc1ccc(-c2nnc3n2C(OC)CN=C3)nc1. The normalized spacial score (nSPS) is 14.6. The van der Waals surface area contributed by atoms with Crippen molar-refractivity contribution in [3.05, 3.63) is 58.1 Å². The van der Waals surface area contributed by atoms with E-state index in [0.29, 0.717) is 45.3 Å². The van der Waals surface area contributed by atoms with Gasteiger partial charge in [-0.15, -0.1) is 25.2 Å². The van der Waals surface area contributed by atoms with Gasteiger partial charge >= 0.3 is 0 Å². The number of hydrogen-bond donors (Lipinski definition) is 2. The van der Waals surface area contributed by atoms with Gasteiger partial charge in [0.25, 0.3) is 5.91 Å². The van der Waals surface area contributed by atoms with Crippen molar-refractivity contribution in [1.29, 1.82) is 0 Å². The topological polar surface area (TPSA) is 137 Å². The molecule has 14 heteroatoms. The molecule has 0 spiro atoms. The summed E-state index contributed by atoms with van der Waals surface area (Å²) in [4.78, 5) is 22.4. The Morgan fingerprint density at radius 3 is 2.63 bits per heavy atom. The first-order valence-electron chi connectivity index (χ1n) is 10.3. The molecule has 0 aliphatic carbocycles. The fourth-order valence-corrected chi connectivity index (χ4v) is 4.06. The number of carbonyl (C=O) groups is 1. The molecule has 1 amide bonds. The Kier molecular flexibility index (Phi) is 6.16. The van der Waals surface area contributed by atoms with E-state index < -0.39 is 5.91 Å². The highest BCUT2D eigenvalue weighted by molar-refractivity contribution is 6.37. The number of amides is 1. The summed E-state index contributed by atoms with van der Waals surface area (Å²) in [6.45, 7) is 0.460. The van der Waals surface area contributed by atoms with Crippen LogP contribution in [-0.2, 0) is 4.74 Å². The molecular formula is C21H18Cl2N10O2. The third kappa shape index (κ3) is 4.22. The third-order valence-corrected chi connectivity index (χ3v) is 5.81. The second kappa shape index (κ2) is 9.41. The zero-order valence-electron chi connectivity index (χ0n) is 18.5. The number of halogens is 2. The van der Waals surface area contributed by atoms with Crippen molar-refractivity contribution in [1.82, 2.24) is 40.1 Å². The molecule has 0 saturated carbocycles. The first kappa shape index (κ1) is 22.9. The van der Waals surface area contributed by atoms with Crippen molar-refractivity contribution >= 4 is 46.8 Å². The molecule has 5 rings (SSSR count). The lowest BCUT2D eigenvalue weighted by molar-refractivity contribution is 0.0508. The Morgan fingerprint density at radius 1 is 1.14 bits per heavy atom. The number of hydrogen-bond acceptors (Lipinski definition) is 9. The number of methoxy groups -OCH3 is 1. The van der Waals surface area contributed by atoms with Crippen LogP contribution in [0, 0.1) is 0 Å². The van der Waals surface area contributed by atoms with Gasteiger partial charge in [-0.1, -0.05) is 29.3 Å². The van der Waals surface area contributed by atoms with Crippen molar-refractivity contribution in [2.75, 3.05) is 26.0 Å². The molecule has 1 aliphatic heterocycles. The number of aliphatic imine (C=N–C) groups is 1. The van der Waals surface area contributed by atoms with Gasteiger partial charge in [0.15, 0.2) is 29.4 Å². The standard InChI is InChI=1S/C21H18Cl2N10O2/c1-24-21(34)17-19(31-33(30-17)18-12(22)4-3-5-13(18)23)27-11-6-7-14(26-8-11)20-29-28-15-9-25-10-16(35-2)32(15)20/h3-9,16H,10H2,1-2H3,(H,24,34)(H,27,31). The van der Waals surface area contributed by atoms with E-state index in [1.54, 1.807) is 49.9 Å². The second-order valence-electron chi connectivity index (χ2n) is 7.33. The van der Waals surface area contributed by atoms with Crippen LogP contribution in [0.25, 0.3) is 17.2 Å². The summed E-state index contributed by atoms with van der Waals surface area (Å²) >= 11 is 12.6. The molecule has 2 N–H and O–H groups in total. The first-order chi connectivity index (χ1) is 17.0. The Balaban J connectivity index is 1.46. The molecule has 0 radical (unpaired) electrons. The van der Waals surface area contributed by atoms with Crippen LogP contribution in [-0.4, -0.2) is 67.6 Å². The molecule has 1 atom stereocenters. The maximum absolute atomic E-state index is 12.5. The van der Waals surface area contributed by atoms with Gasteiger partial charge < -0.3 is 15.4 Å². The number of pyridine rings is 1. The van der Waals surface area contributed by atoms with E-state index in [1.807, 2.05) is 4.57 Å². The molecule has 12 nitrogen and oxygen atoms in total. The molecule has 3 aromatic heterocycles. The Morgan fingerprint density at radius 2 is 1.94 bits per heavy atom. The zero-order valence-corrected chi connectivity index (χ0v) is 20.0. The highest BCUT2D eigenvalue weighted by Crippen LogP contribution is 2.29. The van der Waals surface area contributed by atoms with E-state index in [2.05, 4.69) is 41.0 Å². The Labute approximate surface area is 209 Å². The van der Waals surface area contributed by atoms with Gasteiger partial charge in [0, 0.05) is 14.2 Å². The number of ether oxygens (including phenoxy) is 1. The smallest absolute Gasteiger partial charge is 0.275 e. The van der Waals surface area contributed by atoms with Gasteiger partial charge in [-0.2, -0.15) is 0 Å². The number of carbonyl (C=O) groups excluding carboxylic acids is 1. The third-order valence-electron chi connectivity index (χ3n) is 5.20. The van der Waals surface area contributed by atoms with Crippen LogP contribution in [0.15, 0.2) is 41.5 Å². The molecule has 0 bridgehead atoms. The number of aromatic nitrogens is 7. The summed E-state index contributed by atoms with van der Waals surface area (Å²) in [5.41, 5.74) is 1.57. The lowest BCUT2D eigenvalue weighted by Gasteiger charge is -2.20. The van der Waals surface area contributed by atoms with E-state index in [0.717, 1.165) is 0 Å². The van der Waals surface area contributed by atoms with Gasteiger partial charge in [-0.25, -0.2) is 0 Å². The zero-order chi connectivity index (χ0) is 24.5. The van der Waals surface area contributed by atoms with Crippen LogP contribution >= 0.6 is 23.2 Å². The highest BCUT2D eigenvalue weighted by Gasteiger charge is 2.24. The maximum Gasteiger partial charge on any atom is 0.275 e. The largest absolute Gasteiger partial charge is 0.359 e. The predicted octanol–water partition coefficient (Wildman–Crippen LogP) is 2.91. The van der Waals surface area contributed by atoms with Crippen molar-refractivity contribution in [3.8, 4) is 17.2 Å². The van der Waals surface area contributed by atoms with E-state index in [1.165, 1.54) is 11.8 Å². The number of para-hydroxylation sites is 1. The number of benzene rings is 1. The van der Waals surface area contributed by atoms with E-state index >= 15 is 0 Å². The van der Waals surface area contributed by atoms with Crippen molar-refractivity contribution in [2.45, 2.75) is 6.23 Å². The molecule has 0 fully saturated rings. The summed E-state index contributed by atoms with van der Waals surface area (Å²) in [6, 6.07) is 8.57. The lowest BCUT2D eigenvalue weighted by atomic mass is 10.3. The van der Waals surface area contributed by atoms with Gasteiger partial charge in [0.1, 0.15) is 11.4 Å². The summed E-state index contributed by atoms with van der Waals surface area (Å²) in [5.74, 6) is 0.904. The number of rotatable bonds is 6. The minimum Gasteiger partial charge on any atom is -0.359 e. The molecule has 0 saturated heterocycles. The Bertz CT molecular complexity index is 1410. The van der Waals surface area contributed by atoms with Crippen molar-refractivity contribution < 1.29 is 9.53 Å². The van der Waals surface area contributed by atoms with Gasteiger partial charge in [-0.3, -0.25) is 19.3 Å². The molecular weight excluding hydrogens is 495 g/mol. The summed E-state index contributed by atoms with van der Waals surface area (Å²) < 4.78 is 7.34. The minimum atomic E-state index is -0.436. The van der Waals surface area contributed by atoms with Crippen molar-refractivity contribution in [2.24, 2.45) is 4.99 Å². The van der Waals surface area contributed by atoms with Gasteiger partial charge in [0.2, 0.25) is 0 Å². The highest BCUT2D eigenvalue weighted by atomic mass is 35.5. The first-order valence-corrected chi connectivity index (χ1v) is 11.1. The molecule has 35 heavy (non-hydrogen) atoms. The molecule has 1 unspecified atom stereocenters. The summed E-state index contributed by atoms with van der Waals surface area (Å²) in [5, 5.41) is 23.4. The maximum atomic E-state index is 12.5. The number of nitrogens with one attached hydrogen (secondary N) is 2. The summed E-state index contributed by atoms with van der Waals surface area (Å²) in [6.07, 6.45) is 2.92. The average molecular weight is 513 g/mol. The van der Waals surface area contributed by atoms with Crippen LogP contribution in [0.5, 0.6) is 0 Å². The fourth-order valence-electron chi connectivity index (χ4n) is 3.52. The molecule has 178 valence electrons. The fraction of sp³-hybridized carbons (Fsp3) is 0.190. The molecule has 4 heterocycles. The minimum absolute atomic E-state index is 0.0568. The monoisotopic (exact) mass is 512 g/mol. The Hall–Kier alpha value is -3.87. The molecule has 1 aromatic carbocycles. The van der Waals surface area contributed by atoms with Crippen LogP contribution in [0.2, 0.25) is 10.0 Å². The van der Waals surface area contributed by atoms with Gasteiger partial charge in [-0.05, 0) is 24.3 Å². The van der Waals surface area contributed by atoms with Crippen LogP contribution < -0.4 is 10.6 Å². The average Bonchev–Trinajstić information content (AvgIpc) is 3.48. The lowest BCUT2D eigenvalue weighted by Crippen LogP contribution is -2.22. The molecule has 1 aliphatic rings. The van der Waals surface area contributed by atoms with Crippen LogP contribution in [0.1, 0.15) is 22.5 Å². The second-order valence-corrected chi connectivity index (χ2v) is 8.14. The van der Waals surface area contributed by atoms with E-state index in [-0.39, 0.29) is 17.7 Å².